The van der Waals surface area contributed by atoms with Gasteiger partial charge in [0.25, 0.3) is 10.0 Å². The van der Waals surface area contributed by atoms with E-state index in [2.05, 4.69) is 20.1 Å². The van der Waals surface area contributed by atoms with Crippen molar-refractivity contribution >= 4 is 15.7 Å². The molecule has 8 heteroatoms. The van der Waals surface area contributed by atoms with Gasteiger partial charge in [-0.2, -0.15) is 5.10 Å². The molecule has 0 radical (unpaired) electrons. The molecule has 2 aromatic rings. The van der Waals surface area contributed by atoms with Crippen LogP contribution in [-0.4, -0.2) is 36.8 Å². The van der Waals surface area contributed by atoms with Crippen molar-refractivity contribution in [2.75, 3.05) is 18.9 Å². The second-order valence-electron chi connectivity index (χ2n) is 3.77. The highest BCUT2D eigenvalue weighted by molar-refractivity contribution is 7.89. The normalized spacial score (nSPS) is 11.4. The van der Waals surface area contributed by atoms with Gasteiger partial charge in [0, 0.05) is 32.2 Å². The van der Waals surface area contributed by atoms with E-state index in [1.807, 2.05) is 0 Å². The van der Waals surface area contributed by atoms with Gasteiger partial charge in [-0.05, 0) is 18.2 Å². The largest absolute Gasteiger partial charge is 0.386 e. The van der Waals surface area contributed by atoms with Gasteiger partial charge in [-0.15, -0.1) is 0 Å². The lowest BCUT2D eigenvalue weighted by atomic mass is 10.4. The summed E-state index contributed by atoms with van der Waals surface area (Å²) in [4.78, 5) is 3.90. The molecule has 0 unspecified atom stereocenters. The predicted octanol–water partition coefficient (Wildman–Crippen LogP) is 0.298. The molecule has 0 spiro atoms. The maximum absolute atomic E-state index is 12.1. The van der Waals surface area contributed by atoms with Crippen molar-refractivity contribution in [1.82, 2.24) is 19.5 Å². The molecule has 2 heterocycles. The van der Waals surface area contributed by atoms with Gasteiger partial charge >= 0.3 is 0 Å². The SMILES string of the molecule is CNc1cccnc1S(=O)(=O)NCCn1cccn1. The molecule has 0 aromatic carbocycles. The fraction of sp³-hybridized carbons (Fsp3) is 0.273. The third-order valence-electron chi connectivity index (χ3n) is 2.49. The predicted molar refractivity (Wildman–Crippen MR) is 71.2 cm³/mol. The molecule has 0 aliphatic carbocycles. The number of hydrogen-bond acceptors (Lipinski definition) is 5. The molecule has 0 fully saturated rings. The van der Waals surface area contributed by atoms with Crippen LogP contribution in [-0.2, 0) is 16.6 Å². The van der Waals surface area contributed by atoms with E-state index in [1.54, 1.807) is 42.3 Å². The first-order valence-corrected chi connectivity index (χ1v) is 7.21. The maximum atomic E-state index is 12.1. The molecule has 7 nitrogen and oxygen atoms in total. The zero-order valence-electron chi connectivity index (χ0n) is 10.4. The van der Waals surface area contributed by atoms with Crippen molar-refractivity contribution < 1.29 is 8.42 Å². The third kappa shape index (κ3) is 3.30. The monoisotopic (exact) mass is 281 g/mol. The summed E-state index contributed by atoms with van der Waals surface area (Å²) in [6.45, 7) is 0.720. The van der Waals surface area contributed by atoms with Crippen LogP contribution in [0.5, 0.6) is 0 Å². The number of anilines is 1. The Hall–Kier alpha value is -1.93. The van der Waals surface area contributed by atoms with Gasteiger partial charge < -0.3 is 5.32 Å². The number of rotatable bonds is 6. The summed E-state index contributed by atoms with van der Waals surface area (Å²) in [5.74, 6) is 0. The minimum Gasteiger partial charge on any atom is -0.386 e. The molecule has 2 aromatic heterocycles. The highest BCUT2D eigenvalue weighted by atomic mass is 32.2. The quantitative estimate of drug-likeness (QED) is 0.795. The van der Waals surface area contributed by atoms with Crippen LogP contribution >= 0.6 is 0 Å². The molecular formula is C11H15N5O2S. The summed E-state index contributed by atoms with van der Waals surface area (Å²) in [5.41, 5.74) is 0.467. The molecule has 0 saturated carbocycles. The first-order valence-electron chi connectivity index (χ1n) is 5.73. The summed E-state index contributed by atoms with van der Waals surface area (Å²) < 4.78 is 28.3. The average Bonchev–Trinajstić information content (AvgIpc) is 2.91. The van der Waals surface area contributed by atoms with Gasteiger partial charge in [-0.1, -0.05) is 0 Å². The van der Waals surface area contributed by atoms with Crippen molar-refractivity contribution in [2.24, 2.45) is 0 Å². The van der Waals surface area contributed by atoms with Gasteiger partial charge in [0.1, 0.15) is 0 Å². The van der Waals surface area contributed by atoms with E-state index in [0.717, 1.165) is 0 Å². The molecule has 2 N–H and O–H groups in total. The number of pyridine rings is 1. The zero-order valence-corrected chi connectivity index (χ0v) is 11.3. The third-order valence-corrected chi connectivity index (χ3v) is 3.91. The summed E-state index contributed by atoms with van der Waals surface area (Å²) in [5, 5.41) is 6.80. The standard InChI is InChI=1S/C11H15N5O2S/c1-12-10-4-2-5-13-11(10)19(17,18)15-7-9-16-8-3-6-14-16/h2-6,8,12,15H,7,9H2,1H3. The van der Waals surface area contributed by atoms with Gasteiger partial charge in [-0.25, -0.2) is 18.1 Å². The van der Waals surface area contributed by atoms with Crippen LogP contribution in [0.15, 0.2) is 41.8 Å². The molecule has 0 aliphatic heterocycles. The van der Waals surface area contributed by atoms with E-state index >= 15 is 0 Å². The molecule has 19 heavy (non-hydrogen) atoms. The molecule has 0 amide bonds. The number of sulfonamides is 1. The first kappa shape index (κ1) is 13.5. The van der Waals surface area contributed by atoms with Crippen LogP contribution in [0.1, 0.15) is 0 Å². The Kier molecular flexibility index (Phi) is 4.13. The lowest BCUT2D eigenvalue weighted by Gasteiger charge is -2.09. The summed E-state index contributed by atoms with van der Waals surface area (Å²) in [6.07, 6.45) is 4.86. The Morgan fingerprint density at radius 1 is 1.32 bits per heavy atom. The van der Waals surface area contributed by atoms with E-state index in [4.69, 9.17) is 0 Å². The van der Waals surface area contributed by atoms with Crippen LogP contribution in [0.25, 0.3) is 0 Å². The van der Waals surface area contributed by atoms with Gasteiger partial charge in [0.2, 0.25) is 0 Å². The fourth-order valence-electron chi connectivity index (χ4n) is 1.59. The number of nitrogens with zero attached hydrogens (tertiary/aromatic N) is 3. The minimum atomic E-state index is -3.62. The summed E-state index contributed by atoms with van der Waals surface area (Å²) in [7, 11) is -1.97. The Bertz CT molecular complexity index is 624. The molecule has 102 valence electrons. The van der Waals surface area contributed by atoms with E-state index in [-0.39, 0.29) is 11.6 Å². The molecule has 0 saturated heterocycles. The highest BCUT2D eigenvalue weighted by Crippen LogP contribution is 2.16. The fourth-order valence-corrected chi connectivity index (χ4v) is 2.75. The first-order chi connectivity index (χ1) is 9.13. The van der Waals surface area contributed by atoms with Crippen LogP contribution in [0.2, 0.25) is 0 Å². The van der Waals surface area contributed by atoms with Crippen molar-refractivity contribution in [3.63, 3.8) is 0 Å². The van der Waals surface area contributed by atoms with Crippen LogP contribution in [0, 0.1) is 0 Å². The van der Waals surface area contributed by atoms with E-state index in [9.17, 15) is 8.42 Å². The van der Waals surface area contributed by atoms with E-state index in [1.165, 1.54) is 6.20 Å². The number of nitrogens with one attached hydrogen (secondary N) is 2. The summed E-state index contributed by atoms with van der Waals surface area (Å²) >= 11 is 0. The van der Waals surface area contributed by atoms with Crippen molar-refractivity contribution in [1.29, 1.82) is 0 Å². The van der Waals surface area contributed by atoms with Crippen LogP contribution < -0.4 is 10.0 Å². The lowest BCUT2D eigenvalue weighted by molar-refractivity contribution is 0.558. The Labute approximate surface area is 111 Å². The molecule has 2 rings (SSSR count). The zero-order chi connectivity index (χ0) is 13.7. The van der Waals surface area contributed by atoms with Gasteiger partial charge in [0.05, 0.1) is 12.2 Å². The van der Waals surface area contributed by atoms with E-state index in [0.29, 0.717) is 12.2 Å². The average molecular weight is 281 g/mol. The Morgan fingerprint density at radius 2 is 2.16 bits per heavy atom. The Morgan fingerprint density at radius 3 is 2.84 bits per heavy atom. The van der Waals surface area contributed by atoms with Crippen molar-refractivity contribution in [3.05, 3.63) is 36.8 Å². The summed E-state index contributed by atoms with van der Waals surface area (Å²) in [6, 6.07) is 5.12. The molecule has 0 bridgehead atoms. The van der Waals surface area contributed by atoms with Crippen LogP contribution in [0.3, 0.4) is 0 Å². The Balaban J connectivity index is 2.05. The topological polar surface area (TPSA) is 88.9 Å². The van der Waals surface area contributed by atoms with Gasteiger partial charge in [-0.3, -0.25) is 4.68 Å². The molecule has 0 atom stereocenters. The molecular weight excluding hydrogens is 266 g/mol. The van der Waals surface area contributed by atoms with E-state index < -0.39 is 10.0 Å². The molecule has 0 aliphatic rings. The van der Waals surface area contributed by atoms with Crippen LogP contribution in [0.4, 0.5) is 5.69 Å². The number of hydrogen-bond donors (Lipinski definition) is 2. The number of aromatic nitrogens is 3. The second-order valence-corrected chi connectivity index (χ2v) is 5.46. The van der Waals surface area contributed by atoms with Crippen molar-refractivity contribution in [3.8, 4) is 0 Å². The second kappa shape index (κ2) is 5.81. The van der Waals surface area contributed by atoms with Gasteiger partial charge in [0.15, 0.2) is 5.03 Å². The minimum absolute atomic E-state index is 0.00188. The maximum Gasteiger partial charge on any atom is 0.260 e. The highest BCUT2D eigenvalue weighted by Gasteiger charge is 2.18. The van der Waals surface area contributed by atoms with Crippen molar-refractivity contribution in [2.45, 2.75) is 11.6 Å². The lowest BCUT2D eigenvalue weighted by Crippen LogP contribution is -2.28. The smallest absolute Gasteiger partial charge is 0.260 e.